The lowest BCUT2D eigenvalue weighted by Gasteiger charge is -2.09. The van der Waals surface area contributed by atoms with Crippen molar-refractivity contribution in [1.82, 2.24) is 20.2 Å². The van der Waals surface area contributed by atoms with Crippen LogP contribution in [0.5, 0.6) is 0 Å². The van der Waals surface area contributed by atoms with Gasteiger partial charge >= 0.3 is 0 Å². The molecule has 0 spiro atoms. The van der Waals surface area contributed by atoms with Crippen LogP contribution >= 0.6 is 0 Å². The van der Waals surface area contributed by atoms with Crippen molar-refractivity contribution >= 4 is 23.4 Å². The van der Waals surface area contributed by atoms with Gasteiger partial charge in [-0.15, -0.1) is 0 Å². The third kappa shape index (κ3) is 7.50. The van der Waals surface area contributed by atoms with Crippen molar-refractivity contribution in [3.8, 4) is 0 Å². The number of rotatable bonds is 10. The summed E-state index contributed by atoms with van der Waals surface area (Å²) in [5.41, 5.74) is 1.51. The van der Waals surface area contributed by atoms with Crippen molar-refractivity contribution in [3.63, 3.8) is 0 Å². The zero-order chi connectivity index (χ0) is 21.9. The van der Waals surface area contributed by atoms with E-state index in [4.69, 9.17) is 0 Å². The van der Waals surface area contributed by atoms with E-state index in [1.54, 1.807) is 24.3 Å². The molecule has 3 amide bonds. The van der Waals surface area contributed by atoms with E-state index in [0.717, 1.165) is 25.0 Å². The van der Waals surface area contributed by atoms with E-state index in [1.165, 1.54) is 23.9 Å². The molecule has 0 fully saturated rings. The molecule has 2 aromatic rings. The minimum atomic E-state index is -0.339. The number of aromatic nitrogens is 2. The number of unbranched alkanes of at least 4 members (excludes halogenated alkanes) is 1. The lowest BCUT2D eigenvalue weighted by atomic mass is 10.2. The molecule has 2 rings (SSSR count). The molecule has 3 N–H and O–H groups in total. The van der Waals surface area contributed by atoms with Gasteiger partial charge in [0.1, 0.15) is 6.54 Å². The fourth-order valence-electron chi connectivity index (χ4n) is 2.68. The average Bonchev–Trinajstić information content (AvgIpc) is 2.71. The maximum Gasteiger partial charge on any atom is 0.253 e. The molecule has 160 valence electrons. The van der Waals surface area contributed by atoms with Crippen LogP contribution in [0, 0.1) is 0 Å². The van der Waals surface area contributed by atoms with E-state index in [9.17, 15) is 19.2 Å². The maximum atomic E-state index is 12.1. The normalized spacial score (nSPS) is 10.3. The van der Waals surface area contributed by atoms with Crippen LogP contribution in [0.25, 0.3) is 0 Å². The first-order valence-corrected chi connectivity index (χ1v) is 9.87. The number of anilines is 1. The van der Waals surface area contributed by atoms with Gasteiger partial charge in [0, 0.05) is 43.0 Å². The molecular weight excluding hydrogens is 386 g/mol. The Labute approximate surface area is 174 Å². The second-order valence-corrected chi connectivity index (χ2v) is 6.81. The third-order valence-electron chi connectivity index (χ3n) is 4.24. The van der Waals surface area contributed by atoms with Gasteiger partial charge in [-0.1, -0.05) is 13.3 Å². The van der Waals surface area contributed by atoms with Gasteiger partial charge in [0.25, 0.3) is 11.5 Å². The van der Waals surface area contributed by atoms with E-state index in [2.05, 4.69) is 27.9 Å². The van der Waals surface area contributed by atoms with Gasteiger partial charge in [0.15, 0.2) is 0 Å². The number of hydrogen-bond acceptors (Lipinski definition) is 5. The summed E-state index contributed by atoms with van der Waals surface area (Å²) in [7, 11) is 0. The fourth-order valence-corrected chi connectivity index (χ4v) is 2.68. The number of carbonyl (C=O) groups excluding carboxylic acids is 3. The maximum absolute atomic E-state index is 12.1. The number of nitrogens with zero attached hydrogens (tertiary/aromatic N) is 2. The van der Waals surface area contributed by atoms with E-state index in [-0.39, 0.29) is 42.9 Å². The average molecular weight is 413 g/mol. The Hall–Kier alpha value is -3.49. The van der Waals surface area contributed by atoms with Gasteiger partial charge in [-0.3, -0.25) is 23.7 Å². The van der Waals surface area contributed by atoms with Gasteiger partial charge in [-0.25, -0.2) is 4.98 Å². The van der Waals surface area contributed by atoms with Crippen LogP contribution in [0.4, 0.5) is 5.69 Å². The number of nitrogens with one attached hydrogen (secondary N) is 3. The van der Waals surface area contributed by atoms with Gasteiger partial charge in [0.2, 0.25) is 11.8 Å². The highest BCUT2D eigenvalue weighted by molar-refractivity contribution is 5.95. The van der Waals surface area contributed by atoms with Crippen LogP contribution in [0.15, 0.2) is 41.5 Å². The Morgan fingerprint density at radius 2 is 1.77 bits per heavy atom. The van der Waals surface area contributed by atoms with Gasteiger partial charge in [-0.2, -0.15) is 0 Å². The summed E-state index contributed by atoms with van der Waals surface area (Å²) in [6, 6.07) is 7.93. The molecule has 1 aromatic carbocycles. The number of carbonyl (C=O) groups is 3. The van der Waals surface area contributed by atoms with Crippen molar-refractivity contribution in [3.05, 3.63) is 58.3 Å². The van der Waals surface area contributed by atoms with Crippen LogP contribution < -0.4 is 21.5 Å². The predicted molar refractivity (Wildman–Crippen MR) is 113 cm³/mol. The van der Waals surface area contributed by atoms with Gasteiger partial charge in [0.05, 0.1) is 6.33 Å². The van der Waals surface area contributed by atoms with Crippen molar-refractivity contribution in [2.75, 3.05) is 18.4 Å². The van der Waals surface area contributed by atoms with Gasteiger partial charge in [-0.05, 0) is 37.1 Å². The summed E-state index contributed by atoms with van der Waals surface area (Å²) in [6.45, 7) is 3.81. The molecule has 0 bridgehead atoms. The molecule has 0 aliphatic rings. The smallest absolute Gasteiger partial charge is 0.253 e. The SMILES string of the molecule is CCCCc1cc(=O)n(CC(=O)NCCNC(=O)c2ccc(NC(C)=O)cc2)cn1. The lowest BCUT2D eigenvalue weighted by Crippen LogP contribution is -2.37. The summed E-state index contributed by atoms with van der Waals surface area (Å²) >= 11 is 0. The van der Waals surface area contributed by atoms with E-state index >= 15 is 0 Å². The Kier molecular flexibility index (Phi) is 8.74. The molecule has 0 aliphatic heterocycles. The molecule has 30 heavy (non-hydrogen) atoms. The lowest BCUT2D eigenvalue weighted by molar-refractivity contribution is -0.121. The number of amides is 3. The number of benzene rings is 1. The van der Waals surface area contributed by atoms with E-state index < -0.39 is 0 Å². The summed E-state index contributed by atoms with van der Waals surface area (Å²) in [6.07, 6.45) is 4.11. The monoisotopic (exact) mass is 413 g/mol. The van der Waals surface area contributed by atoms with E-state index in [0.29, 0.717) is 11.3 Å². The van der Waals surface area contributed by atoms with Crippen molar-refractivity contribution in [2.24, 2.45) is 0 Å². The Morgan fingerprint density at radius 3 is 2.40 bits per heavy atom. The second kappa shape index (κ2) is 11.5. The number of aryl methyl sites for hydroxylation is 1. The summed E-state index contributed by atoms with van der Waals surface area (Å²) in [5, 5.41) is 7.98. The van der Waals surface area contributed by atoms with Crippen LogP contribution in [-0.2, 0) is 22.6 Å². The summed E-state index contributed by atoms with van der Waals surface area (Å²) in [4.78, 5) is 51.4. The molecule has 9 heteroatoms. The standard InChI is InChI=1S/C21H27N5O4/c1-3-4-5-18-12-20(29)26(14-24-18)13-19(28)22-10-11-23-21(30)16-6-8-17(9-7-16)25-15(2)27/h6-9,12,14H,3-5,10-11,13H2,1-2H3,(H,22,28)(H,23,30)(H,25,27). The highest BCUT2D eigenvalue weighted by Crippen LogP contribution is 2.09. The topological polar surface area (TPSA) is 122 Å². The molecule has 0 radical (unpaired) electrons. The molecule has 0 aliphatic carbocycles. The van der Waals surface area contributed by atoms with Crippen molar-refractivity contribution in [1.29, 1.82) is 0 Å². The molecular formula is C21H27N5O4. The van der Waals surface area contributed by atoms with Crippen molar-refractivity contribution < 1.29 is 14.4 Å². The van der Waals surface area contributed by atoms with Crippen LogP contribution in [0.2, 0.25) is 0 Å². The second-order valence-electron chi connectivity index (χ2n) is 6.81. The molecule has 0 saturated carbocycles. The summed E-state index contributed by atoms with van der Waals surface area (Å²) < 4.78 is 1.25. The Morgan fingerprint density at radius 1 is 1.07 bits per heavy atom. The molecule has 1 aromatic heterocycles. The molecule has 1 heterocycles. The van der Waals surface area contributed by atoms with Gasteiger partial charge < -0.3 is 16.0 Å². The Balaban J connectivity index is 1.73. The first-order chi connectivity index (χ1) is 14.4. The molecule has 0 saturated heterocycles. The largest absolute Gasteiger partial charge is 0.353 e. The van der Waals surface area contributed by atoms with Crippen LogP contribution in [-0.4, -0.2) is 40.4 Å². The zero-order valence-corrected chi connectivity index (χ0v) is 17.2. The predicted octanol–water partition coefficient (Wildman–Crippen LogP) is 1.09. The first kappa shape index (κ1) is 22.8. The molecule has 9 nitrogen and oxygen atoms in total. The zero-order valence-electron chi connectivity index (χ0n) is 17.2. The third-order valence-corrected chi connectivity index (χ3v) is 4.24. The Bertz CT molecular complexity index is 937. The fraction of sp³-hybridized carbons (Fsp3) is 0.381. The highest BCUT2D eigenvalue weighted by Gasteiger charge is 2.08. The molecule has 0 atom stereocenters. The minimum absolute atomic E-state index is 0.127. The van der Waals surface area contributed by atoms with Crippen molar-refractivity contribution in [2.45, 2.75) is 39.7 Å². The van der Waals surface area contributed by atoms with E-state index in [1.807, 2.05) is 0 Å². The molecule has 0 unspecified atom stereocenters. The minimum Gasteiger partial charge on any atom is -0.353 e. The van der Waals surface area contributed by atoms with Crippen LogP contribution in [0.3, 0.4) is 0 Å². The first-order valence-electron chi connectivity index (χ1n) is 9.87. The van der Waals surface area contributed by atoms with Crippen LogP contribution in [0.1, 0.15) is 42.7 Å². The summed E-state index contributed by atoms with van der Waals surface area (Å²) in [5.74, 6) is -0.816. The highest BCUT2D eigenvalue weighted by atomic mass is 16.2. The number of hydrogen-bond donors (Lipinski definition) is 3. The quantitative estimate of drug-likeness (QED) is 0.503.